The summed E-state index contributed by atoms with van der Waals surface area (Å²) in [6, 6.07) is 3.88. The van der Waals surface area contributed by atoms with Crippen molar-refractivity contribution in [1.29, 1.82) is 0 Å². The molecule has 1 aromatic heterocycles. The van der Waals surface area contributed by atoms with Crippen LogP contribution in [0.2, 0.25) is 10.4 Å². The second kappa shape index (κ2) is 3.55. The van der Waals surface area contributed by atoms with Crippen LogP contribution in [0.25, 0.3) is 11.4 Å². The third-order valence-electron chi connectivity index (χ3n) is 1.57. The lowest BCUT2D eigenvalue weighted by molar-refractivity contribution is 0.421. The zero-order valence-corrected chi connectivity index (χ0v) is 8.18. The molecule has 0 saturated carbocycles. The van der Waals surface area contributed by atoms with E-state index in [9.17, 15) is 4.39 Å². The highest BCUT2D eigenvalue weighted by molar-refractivity contribution is 6.33. The second-order valence-electron chi connectivity index (χ2n) is 2.50. The van der Waals surface area contributed by atoms with Gasteiger partial charge in [-0.25, -0.2) is 4.39 Å². The van der Waals surface area contributed by atoms with Crippen LogP contribution in [0, 0.1) is 5.82 Å². The van der Waals surface area contributed by atoms with Crippen molar-refractivity contribution in [3.8, 4) is 11.4 Å². The van der Waals surface area contributed by atoms with Gasteiger partial charge in [-0.1, -0.05) is 16.8 Å². The summed E-state index contributed by atoms with van der Waals surface area (Å²) in [6.07, 6.45) is 0. The van der Waals surface area contributed by atoms with Crippen molar-refractivity contribution in [1.82, 2.24) is 10.1 Å². The van der Waals surface area contributed by atoms with Gasteiger partial charge in [0.15, 0.2) is 0 Å². The monoisotopic (exact) mass is 232 g/mol. The Labute approximate surface area is 88.4 Å². The molecule has 2 aromatic rings. The average Bonchev–Trinajstić information content (AvgIpc) is 2.51. The van der Waals surface area contributed by atoms with Crippen LogP contribution in [-0.2, 0) is 0 Å². The van der Waals surface area contributed by atoms with E-state index in [1.54, 1.807) is 0 Å². The lowest BCUT2D eigenvalue weighted by atomic mass is 10.2. The average molecular weight is 233 g/mol. The van der Waals surface area contributed by atoms with Crippen molar-refractivity contribution in [2.75, 3.05) is 0 Å². The number of halogens is 3. The van der Waals surface area contributed by atoms with E-state index in [4.69, 9.17) is 23.2 Å². The predicted molar refractivity (Wildman–Crippen MR) is 49.7 cm³/mol. The van der Waals surface area contributed by atoms with Gasteiger partial charge in [0, 0.05) is 5.56 Å². The third kappa shape index (κ3) is 1.71. The first-order valence-corrected chi connectivity index (χ1v) is 4.37. The number of hydrogen-bond donors (Lipinski definition) is 0. The van der Waals surface area contributed by atoms with Gasteiger partial charge in [-0.2, -0.15) is 4.98 Å². The van der Waals surface area contributed by atoms with Crippen LogP contribution in [0.5, 0.6) is 0 Å². The molecule has 0 spiro atoms. The highest BCUT2D eigenvalue weighted by Gasteiger charge is 2.10. The van der Waals surface area contributed by atoms with E-state index in [2.05, 4.69) is 14.7 Å². The first kappa shape index (κ1) is 9.43. The Hall–Kier alpha value is -1.13. The molecule has 0 unspecified atom stereocenters. The fourth-order valence-corrected chi connectivity index (χ4v) is 1.35. The Balaban J connectivity index is 2.52. The third-order valence-corrected chi connectivity index (χ3v) is 2.04. The van der Waals surface area contributed by atoms with E-state index in [0.717, 1.165) is 0 Å². The summed E-state index contributed by atoms with van der Waals surface area (Å²) < 4.78 is 17.2. The number of rotatable bonds is 1. The van der Waals surface area contributed by atoms with Crippen LogP contribution in [0.3, 0.4) is 0 Å². The Morgan fingerprint density at radius 1 is 1.29 bits per heavy atom. The van der Waals surface area contributed by atoms with E-state index in [0.29, 0.717) is 5.56 Å². The Morgan fingerprint density at radius 3 is 2.64 bits per heavy atom. The molecule has 0 saturated heterocycles. The van der Waals surface area contributed by atoms with Crippen LogP contribution >= 0.6 is 23.2 Å². The molecule has 72 valence electrons. The quantitative estimate of drug-likeness (QED) is 0.759. The van der Waals surface area contributed by atoms with Gasteiger partial charge in [-0.05, 0) is 29.8 Å². The minimum absolute atomic E-state index is 0.0830. The van der Waals surface area contributed by atoms with Gasteiger partial charge in [0.25, 0.3) is 0 Å². The van der Waals surface area contributed by atoms with Crippen molar-refractivity contribution >= 4 is 23.2 Å². The molecule has 1 aromatic carbocycles. The molecule has 0 aliphatic rings. The number of aromatic nitrogens is 2. The van der Waals surface area contributed by atoms with Crippen molar-refractivity contribution in [3.05, 3.63) is 34.4 Å². The predicted octanol–water partition coefficient (Wildman–Crippen LogP) is 3.18. The summed E-state index contributed by atoms with van der Waals surface area (Å²) in [5.74, 6) is -0.187. The van der Waals surface area contributed by atoms with Gasteiger partial charge in [-0.3, -0.25) is 0 Å². The molecule has 0 aliphatic carbocycles. The molecule has 1 heterocycles. The molecule has 3 nitrogen and oxygen atoms in total. The Kier molecular flexibility index (Phi) is 2.39. The van der Waals surface area contributed by atoms with Gasteiger partial charge in [0.2, 0.25) is 5.82 Å². The molecule has 2 rings (SSSR count). The molecule has 0 fully saturated rings. The van der Waals surface area contributed by atoms with E-state index in [1.165, 1.54) is 18.2 Å². The summed E-state index contributed by atoms with van der Waals surface area (Å²) in [4.78, 5) is 3.75. The summed E-state index contributed by atoms with van der Waals surface area (Å²) in [5, 5.41) is 3.68. The summed E-state index contributed by atoms with van der Waals surface area (Å²) >= 11 is 11.2. The van der Waals surface area contributed by atoms with Crippen LogP contribution < -0.4 is 0 Å². The Bertz CT molecular complexity index is 472. The molecule has 6 heteroatoms. The zero-order chi connectivity index (χ0) is 10.1. The number of hydrogen-bond acceptors (Lipinski definition) is 3. The molecule has 0 amide bonds. The maximum Gasteiger partial charge on any atom is 0.320 e. The van der Waals surface area contributed by atoms with Crippen molar-refractivity contribution in [2.45, 2.75) is 0 Å². The number of benzene rings is 1. The fraction of sp³-hybridized carbons (Fsp3) is 0. The molecule has 14 heavy (non-hydrogen) atoms. The maximum absolute atomic E-state index is 12.7. The SMILES string of the molecule is Fc1ccc(-c2noc(Cl)n2)c(Cl)c1. The normalized spacial score (nSPS) is 10.5. The molecular formula is C8H3Cl2FN2O. The Morgan fingerprint density at radius 2 is 2.07 bits per heavy atom. The van der Waals surface area contributed by atoms with Gasteiger partial charge >= 0.3 is 5.35 Å². The minimum Gasteiger partial charge on any atom is -0.321 e. The zero-order valence-electron chi connectivity index (χ0n) is 6.67. The number of nitrogens with zero attached hydrogens (tertiary/aromatic N) is 2. The lowest BCUT2D eigenvalue weighted by Gasteiger charge is -1.97. The molecular weight excluding hydrogens is 230 g/mol. The molecule has 0 aliphatic heterocycles. The highest BCUT2D eigenvalue weighted by Crippen LogP contribution is 2.26. The largest absolute Gasteiger partial charge is 0.321 e. The summed E-state index contributed by atoms with van der Waals surface area (Å²) in [7, 11) is 0. The topological polar surface area (TPSA) is 38.9 Å². The molecule has 0 bridgehead atoms. The van der Waals surface area contributed by atoms with Crippen LogP contribution in [-0.4, -0.2) is 10.1 Å². The molecule has 0 N–H and O–H groups in total. The van der Waals surface area contributed by atoms with Gasteiger partial charge in [0.1, 0.15) is 5.82 Å². The van der Waals surface area contributed by atoms with E-state index < -0.39 is 5.82 Å². The smallest absolute Gasteiger partial charge is 0.320 e. The van der Waals surface area contributed by atoms with E-state index in [1.807, 2.05) is 0 Å². The van der Waals surface area contributed by atoms with Gasteiger partial charge in [0.05, 0.1) is 5.02 Å². The van der Waals surface area contributed by atoms with Gasteiger partial charge in [-0.15, -0.1) is 0 Å². The van der Waals surface area contributed by atoms with E-state index in [-0.39, 0.29) is 16.2 Å². The first-order valence-electron chi connectivity index (χ1n) is 3.61. The van der Waals surface area contributed by atoms with Crippen molar-refractivity contribution in [2.24, 2.45) is 0 Å². The molecule has 0 atom stereocenters. The minimum atomic E-state index is -0.423. The second-order valence-corrected chi connectivity index (χ2v) is 3.23. The summed E-state index contributed by atoms with van der Waals surface area (Å²) in [6.45, 7) is 0. The lowest BCUT2D eigenvalue weighted by Crippen LogP contribution is -1.83. The van der Waals surface area contributed by atoms with Crippen LogP contribution in [0.15, 0.2) is 22.7 Å². The van der Waals surface area contributed by atoms with Crippen molar-refractivity contribution < 1.29 is 8.91 Å². The van der Waals surface area contributed by atoms with Crippen LogP contribution in [0.1, 0.15) is 0 Å². The van der Waals surface area contributed by atoms with Crippen molar-refractivity contribution in [3.63, 3.8) is 0 Å². The highest BCUT2D eigenvalue weighted by atomic mass is 35.5. The van der Waals surface area contributed by atoms with Crippen LogP contribution in [0.4, 0.5) is 4.39 Å². The molecule has 0 radical (unpaired) electrons. The van der Waals surface area contributed by atoms with E-state index >= 15 is 0 Å². The maximum atomic E-state index is 12.7. The first-order chi connectivity index (χ1) is 6.66. The van der Waals surface area contributed by atoms with Gasteiger partial charge < -0.3 is 4.52 Å². The summed E-state index contributed by atoms with van der Waals surface area (Å²) in [5.41, 5.74) is 0.476. The fourth-order valence-electron chi connectivity index (χ4n) is 0.985. The standard InChI is InChI=1S/C8H3Cl2FN2O/c9-6-3-4(11)1-2-5(6)7-12-8(10)14-13-7/h1-3H.